The number of halogens is 1. The second-order valence-corrected chi connectivity index (χ2v) is 5.87. The largest absolute Gasteiger partial charge is 0.310 e. The molecule has 6 heteroatoms. The highest BCUT2D eigenvalue weighted by molar-refractivity contribution is 6.30. The number of carbonyl (C=O) groups is 1. The van der Waals surface area contributed by atoms with Gasteiger partial charge < -0.3 is 5.32 Å². The molecule has 0 aliphatic heterocycles. The quantitative estimate of drug-likeness (QED) is 0.575. The molecule has 23 heavy (non-hydrogen) atoms. The third-order valence-electron chi connectivity index (χ3n) is 3.52. The first-order valence-electron chi connectivity index (χ1n) is 7.92. The number of rotatable bonds is 8. The van der Waals surface area contributed by atoms with E-state index in [2.05, 4.69) is 10.4 Å². The smallest absolute Gasteiger partial charge is 0.282 e. The summed E-state index contributed by atoms with van der Waals surface area (Å²) < 4.78 is 1.39. The van der Waals surface area contributed by atoms with Gasteiger partial charge in [-0.15, -0.1) is 0 Å². The number of nitrogens with zero attached hydrogens (tertiary/aromatic N) is 1. The third-order valence-corrected chi connectivity index (χ3v) is 3.76. The van der Waals surface area contributed by atoms with Crippen molar-refractivity contribution in [3.63, 3.8) is 0 Å². The summed E-state index contributed by atoms with van der Waals surface area (Å²) in [7, 11) is 0. The van der Waals surface area contributed by atoms with Crippen LogP contribution < -0.4 is 10.9 Å². The van der Waals surface area contributed by atoms with Gasteiger partial charge >= 0.3 is 0 Å². The zero-order chi connectivity index (χ0) is 16.8. The number of aryl methyl sites for hydroxylation is 1. The van der Waals surface area contributed by atoms with E-state index in [4.69, 9.17) is 11.6 Å². The number of nitrogens with one attached hydrogen (secondary N) is 2. The minimum atomic E-state index is -0.320. The van der Waals surface area contributed by atoms with E-state index >= 15 is 0 Å². The standard InChI is InChI=1S/C17H22ClN3O2/c1-3-6-14-16(15(22)11-19-9-4-2)17(23)21(20-14)13-8-5-7-12(18)10-13/h5,7-8,10,19-20H,3-4,6,9,11H2,1-2H3. The Balaban J connectivity index is 2.41. The van der Waals surface area contributed by atoms with Crippen LogP contribution in [0.2, 0.25) is 5.02 Å². The maximum atomic E-state index is 12.7. The van der Waals surface area contributed by atoms with Crippen LogP contribution in [-0.2, 0) is 6.42 Å². The normalized spacial score (nSPS) is 10.9. The summed E-state index contributed by atoms with van der Waals surface area (Å²) in [6, 6.07) is 6.99. The second kappa shape index (κ2) is 8.13. The van der Waals surface area contributed by atoms with Crippen molar-refractivity contribution in [3.05, 3.63) is 50.9 Å². The number of aromatic amines is 1. The topological polar surface area (TPSA) is 66.9 Å². The van der Waals surface area contributed by atoms with Crippen molar-refractivity contribution in [2.24, 2.45) is 0 Å². The highest BCUT2D eigenvalue weighted by Gasteiger charge is 2.20. The Hall–Kier alpha value is -1.85. The van der Waals surface area contributed by atoms with Crippen molar-refractivity contribution in [2.45, 2.75) is 33.1 Å². The minimum Gasteiger partial charge on any atom is -0.310 e. The van der Waals surface area contributed by atoms with Gasteiger partial charge in [-0.05, 0) is 37.6 Å². The highest BCUT2D eigenvalue weighted by atomic mass is 35.5. The van der Waals surface area contributed by atoms with Crippen LogP contribution in [0.4, 0.5) is 0 Å². The van der Waals surface area contributed by atoms with E-state index < -0.39 is 0 Å². The van der Waals surface area contributed by atoms with Gasteiger partial charge in [0.1, 0.15) is 5.56 Å². The average molecular weight is 336 g/mol. The molecule has 1 aromatic carbocycles. The predicted molar refractivity (Wildman–Crippen MR) is 92.9 cm³/mol. The zero-order valence-corrected chi connectivity index (χ0v) is 14.2. The summed E-state index contributed by atoms with van der Waals surface area (Å²) in [5.41, 5.74) is 1.23. The number of benzene rings is 1. The van der Waals surface area contributed by atoms with Crippen LogP contribution in [0.1, 0.15) is 42.7 Å². The van der Waals surface area contributed by atoms with E-state index in [1.165, 1.54) is 4.68 Å². The number of aromatic nitrogens is 2. The van der Waals surface area contributed by atoms with Crippen molar-refractivity contribution in [1.82, 2.24) is 15.1 Å². The first-order valence-corrected chi connectivity index (χ1v) is 8.30. The summed E-state index contributed by atoms with van der Waals surface area (Å²) in [6.45, 7) is 4.97. The first kappa shape index (κ1) is 17.5. The average Bonchev–Trinajstić information content (AvgIpc) is 2.84. The molecule has 0 unspecified atom stereocenters. The van der Waals surface area contributed by atoms with Crippen LogP contribution in [0, 0.1) is 0 Å². The van der Waals surface area contributed by atoms with Crippen LogP contribution in [0.3, 0.4) is 0 Å². The highest BCUT2D eigenvalue weighted by Crippen LogP contribution is 2.15. The summed E-state index contributed by atoms with van der Waals surface area (Å²) in [5, 5.41) is 6.66. The summed E-state index contributed by atoms with van der Waals surface area (Å²) in [4.78, 5) is 25.1. The molecule has 2 N–H and O–H groups in total. The number of Topliss-reactive ketones (excluding diaryl/α,β-unsaturated/α-hetero) is 1. The molecule has 0 aliphatic rings. The molecule has 0 amide bonds. The van der Waals surface area contributed by atoms with Gasteiger partial charge in [0, 0.05) is 10.7 Å². The molecule has 1 heterocycles. The lowest BCUT2D eigenvalue weighted by Crippen LogP contribution is -2.28. The minimum absolute atomic E-state index is 0.174. The fourth-order valence-corrected chi connectivity index (χ4v) is 2.65. The van der Waals surface area contributed by atoms with Crippen LogP contribution in [0.25, 0.3) is 5.69 Å². The van der Waals surface area contributed by atoms with E-state index in [9.17, 15) is 9.59 Å². The van der Waals surface area contributed by atoms with Gasteiger partial charge in [0.05, 0.1) is 12.2 Å². The molecule has 0 fully saturated rings. The van der Waals surface area contributed by atoms with Crippen molar-refractivity contribution >= 4 is 17.4 Å². The van der Waals surface area contributed by atoms with Crippen molar-refractivity contribution in [2.75, 3.05) is 13.1 Å². The van der Waals surface area contributed by atoms with Crippen LogP contribution in [0.5, 0.6) is 0 Å². The second-order valence-electron chi connectivity index (χ2n) is 5.44. The maximum absolute atomic E-state index is 12.7. The van der Waals surface area contributed by atoms with E-state index in [1.54, 1.807) is 24.3 Å². The van der Waals surface area contributed by atoms with Gasteiger partial charge in [-0.25, -0.2) is 4.68 Å². The molecule has 0 saturated carbocycles. The van der Waals surface area contributed by atoms with Crippen molar-refractivity contribution in [3.8, 4) is 5.69 Å². The van der Waals surface area contributed by atoms with Gasteiger partial charge in [-0.1, -0.05) is 37.9 Å². The molecule has 2 aromatic rings. The first-order chi connectivity index (χ1) is 11.1. The molecule has 2 rings (SSSR count). The molecular formula is C17H22ClN3O2. The molecule has 0 spiro atoms. The lowest BCUT2D eigenvalue weighted by atomic mass is 10.1. The zero-order valence-electron chi connectivity index (χ0n) is 13.5. The Bertz CT molecular complexity index is 734. The Morgan fingerprint density at radius 3 is 2.74 bits per heavy atom. The van der Waals surface area contributed by atoms with Crippen LogP contribution in [-0.4, -0.2) is 28.7 Å². The molecule has 1 aromatic heterocycles. The molecule has 0 atom stereocenters. The lowest BCUT2D eigenvalue weighted by molar-refractivity contribution is 0.0989. The van der Waals surface area contributed by atoms with Gasteiger partial charge in [0.25, 0.3) is 5.56 Å². The Kier molecular flexibility index (Phi) is 6.19. The fourth-order valence-electron chi connectivity index (χ4n) is 2.47. The Morgan fingerprint density at radius 1 is 1.30 bits per heavy atom. The van der Waals surface area contributed by atoms with Gasteiger partial charge in [-0.2, -0.15) is 0 Å². The number of H-pyrrole nitrogens is 1. The van der Waals surface area contributed by atoms with E-state index in [0.717, 1.165) is 19.4 Å². The number of carbonyl (C=O) groups excluding carboxylic acids is 1. The van der Waals surface area contributed by atoms with Crippen LogP contribution >= 0.6 is 11.6 Å². The third kappa shape index (κ3) is 4.12. The summed E-state index contributed by atoms with van der Waals surface area (Å²) >= 11 is 6.00. The van der Waals surface area contributed by atoms with Gasteiger partial charge in [-0.3, -0.25) is 14.7 Å². The molecule has 0 saturated heterocycles. The van der Waals surface area contributed by atoms with Crippen molar-refractivity contribution < 1.29 is 4.79 Å². The SMILES string of the molecule is CCCNCC(=O)c1c(CCC)[nH]n(-c2cccc(Cl)c2)c1=O. The number of ketones is 1. The van der Waals surface area contributed by atoms with Crippen molar-refractivity contribution in [1.29, 1.82) is 0 Å². The molecule has 124 valence electrons. The van der Waals surface area contributed by atoms with E-state index in [1.807, 2.05) is 13.8 Å². The molecule has 0 aliphatic carbocycles. The van der Waals surface area contributed by atoms with Gasteiger partial charge in [0.15, 0.2) is 5.78 Å². The van der Waals surface area contributed by atoms with E-state index in [-0.39, 0.29) is 23.5 Å². The van der Waals surface area contributed by atoms with Crippen LogP contribution in [0.15, 0.2) is 29.1 Å². The molecule has 0 bridgehead atoms. The molecular weight excluding hydrogens is 314 g/mol. The number of hydrogen-bond donors (Lipinski definition) is 2. The maximum Gasteiger partial charge on any atom is 0.282 e. The summed E-state index contributed by atoms with van der Waals surface area (Å²) in [6.07, 6.45) is 2.44. The Morgan fingerprint density at radius 2 is 2.09 bits per heavy atom. The molecule has 5 nitrogen and oxygen atoms in total. The fraction of sp³-hybridized carbons (Fsp3) is 0.412. The van der Waals surface area contributed by atoms with E-state index in [0.29, 0.717) is 22.8 Å². The predicted octanol–water partition coefficient (Wildman–Crippen LogP) is 2.95. The lowest BCUT2D eigenvalue weighted by Gasteiger charge is -2.02. The number of hydrogen-bond acceptors (Lipinski definition) is 3. The molecule has 0 radical (unpaired) electrons. The Labute approximate surface area is 140 Å². The monoisotopic (exact) mass is 335 g/mol. The summed E-state index contributed by atoms with van der Waals surface area (Å²) in [5.74, 6) is -0.177. The van der Waals surface area contributed by atoms with Gasteiger partial charge in [0.2, 0.25) is 0 Å².